The van der Waals surface area contributed by atoms with Gasteiger partial charge in [0.25, 0.3) is 11.5 Å². The number of ether oxygens (including phenoxy) is 2. The number of nitrogens with zero attached hydrogens (tertiary/aromatic N) is 6. The van der Waals surface area contributed by atoms with Crippen molar-refractivity contribution in [3.63, 3.8) is 0 Å². The molecule has 3 amide bonds. The fourth-order valence-corrected chi connectivity index (χ4v) is 18.2. The van der Waals surface area contributed by atoms with E-state index in [1.165, 1.54) is 29.9 Å². The molecular formula is C87H92ClF3N8O10S2. The van der Waals surface area contributed by atoms with Gasteiger partial charge >= 0.3 is 12.1 Å². The number of sulfone groups is 1. The molecule has 111 heavy (non-hydrogen) atoms. The van der Waals surface area contributed by atoms with E-state index in [1.54, 1.807) is 62.2 Å². The van der Waals surface area contributed by atoms with Gasteiger partial charge in [0.05, 0.1) is 53.2 Å². The Morgan fingerprint density at radius 3 is 2.19 bits per heavy atom. The average molecular weight is 1570 g/mol. The number of hydrogen-bond donors (Lipinski definition) is 3. The molecule has 7 aromatic carbocycles. The lowest BCUT2D eigenvalue weighted by Crippen LogP contribution is -2.63. The van der Waals surface area contributed by atoms with E-state index in [4.69, 9.17) is 21.1 Å². The van der Waals surface area contributed by atoms with Crippen LogP contribution in [0.2, 0.25) is 5.02 Å². The second-order valence-electron chi connectivity index (χ2n) is 30.1. The van der Waals surface area contributed by atoms with Gasteiger partial charge in [-0.3, -0.25) is 34.0 Å². The number of likely N-dealkylation sites (N-methyl/N-ethyl adjacent to an activating group) is 2. The van der Waals surface area contributed by atoms with Gasteiger partial charge in [-0.1, -0.05) is 152 Å². The molecule has 0 radical (unpaired) electrons. The second kappa shape index (κ2) is 33.7. The lowest BCUT2D eigenvalue weighted by Gasteiger charge is -2.50. The minimum absolute atomic E-state index is 0.0250. The predicted octanol–water partition coefficient (Wildman–Crippen LogP) is 15.7. The Hall–Kier alpha value is -9.70. The number of piperazine rings is 2. The topological polar surface area (TPSA) is 215 Å². The molecule has 6 atom stereocenters. The molecule has 580 valence electrons. The highest BCUT2D eigenvalue weighted by Crippen LogP contribution is 2.51. The van der Waals surface area contributed by atoms with E-state index in [1.807, 2.05) is 114 Å². The molecule has 1 aromatic heterocycles. The third-order valence-electron chi connectivity index (χ3n) is 22.5. The standard InChI is InChI=1S/C19H24N2O2.C18H16O3S.C17H23N5O.C17H17NO3S.C16H12ClF3O/c22-18-13-20(19(23)15-7-2-1-3-8-15)12-17-16-9-5-4-6-14(16)10-11-21(17)18;1-22(20,21)15-9-7-13(8-10-15)16-11-12-17(19)18(16)14-5-3-2-4-6-14;1-21-9-12-7-11(8-13(10-21)22(12)2)18-17(23)16-14-5-3-4-6-15(14)19-20-16;1-10(17(19)20)11-4-7-15-14(8-11)18(2)13-6-5-12(21-3)9-16(13)22-15;1-10-8-12-4-5-13(17)9-14(12)15(21-10,16(18,19)20)7-6-11-2-3-11/h4-6,9,15,17H,1-3,7-8,10-13H2;2-10H,11-12H2,1H3;3-6,11-13H,7-10H2,1-2H3,(H,18,23)(H,19,20);4-10H,1-3H3,(H,19,20);4-5,9,11H,1-3,8H2/t;;11?,12-,13+;10-;15-/m...00/s1. The molecule has 2 saturated carbocycles. The number of amides is 3. The number of para-hydroxylation sites is 1. The summed E-state index contributed by atoms with van der Waals surface area (Å²) in [5.41, 5.74) is 8.31. The number of anilines is 2. The number of alkyl halides is 3. The van der Waals surface area contributed by atoms with Crippen molar-refractivity contribution < 1.29 is 60.1 Å². The number of carboxylic acid groups (broad SMARTS) is 1. The van der Waals surface area contributed by atoms with Gasteiger partial charge < -0.3 is 39.5 Å². The number of carboxylic acids is 1. The highest BCUT2D eigenvalue weighted by atomic mass is 35.5. The van der Waals surface area contributed by atoms with Crippen LogP contribution in [0.5, 0.6) is 5.75 Å². The third-order valence-corrected chi connectivity index (χ3v) is 24.9. The number of ketones is 1. The number of halogens is 4. The number of methoxy groups -OCH3 is 1. The molecule has 2 bridgehead atoms. The number of rotatable bonds is 9. The van der Waals surface area contributed by atoms with Crippen LogP contribution in [0.1, 0.15) is 139 Å². The Kier molecular flexibility index (Phi) is 24.1. The summed E-state index contributed by atoms with van der Waals surface area (Å²) in [6.07, 6.45) is 8.10. The smallest absolute Gasteiger partial charge is 0.444 e. The van der Waals surface area contributed by atoms with E-state index in [9.17, 15) is 50.7 Å². The fraction of sp³-hybridized carbons (Fsp3) is 0.379. The minimum Gasteiger partial charge on any atom is -0.497 e. The summed E-state index contributed by atoms with van der Waals surface area (Å²) < 4.78 is 74.7. The molecule has 18 nitrogen and oxygen atoms in total. The number of piperidine rings is 1. The van der Waals surface area contributed by atoms with Gasteiger partial charge in [0, 0.05) is 114 Å². The first-order chi connectivity index (χ1) is 53.1. The maximum atomic E-state index is 13.7. The van der Waals surface area contributed by atoms with Crippen molar-refractivity contribution in [2.24, 2.45) is 11.8 Å². The molecule has 9 aliphatic rings. The molecule has 7 heterocycles. The lowest BCUT2D eigenvalue weighted by molar-refractivity contribution is -0.250. The van der Waals surface area contributed by atoms with Crippen LogP contribution in [0.3, 0.4) is 0 Å². The summed E-state index contributed by atoms with van der Waals surface area (Å²) in [5.74, 6) is 5.16. The molecular weight excluding hydrogens is 1470 g/mol. The van der Waals surface area contributed by atoms with Crippen molar-refractivity contribution in [3.05, 3.63) is 220 Å². The fourth-order valence-electron chi connectivity index (χ4n) is 16.2. The number of likely N-dealkylation sites (tertiary alicyclic amines) is 1. The Morgan fingerprint density at radius 2 is 1.50 bits per heavy atom. The number of aromatic amines is 1. The van der Waals surface area contributed by atoms with Crippen LogP contribution in [0.4, 0.5) is 24.5 Å². The first-order valence-corrected chi connectivity index (χ1v) is 40.9. The molecule has 2 unspecified atom stereocenters. The van der Waals surface area contributed by atoms with Crippen LogP contribution in [0.15, 0.2) is 185 Å². The predicted molar refractivity (Wildman–Crippen MR) is 426 cm³/mol. The van der Waals surface area contributed by atoms with Gasteiger partial charge in [0.1, 0.15) is 5.75 Å². The maximum Gasteiger partial charge on any atom is 0.444 e. The normalized spacial score (nSPS) is 21.7. The van der Waals surface area contributed by atoms with Crippen LogP contribution >= 0.6 is 23.4 Å². The zero-order valence-electron chi connectivity index (χ0n) is 63.1. The van der Waals surface area contributed by atoms with Crippen molar-refractivity contribution in [1.29, 1.82) is 0 Å². The maximum absolute atomic E-state index is 13.7. The third kappa shape index (κ3) is 17.8. The van der Waals surface area contributed by atoms with Crippen molar-refractivity contribution in [2.75, 3.05) is 72.1 Å². The number of H-pyrrole nitrogens is 1. The summed E-state index contributed by atoms with van der Waals surface area (Å²) in [5, 5.41) is 20.7. The quantitative estimate of drug-likeness (QED) is 0.115. The number of benzene rings is 7. The Morgan fingerprint density at radius 1 is 0.793 bits per heavy atom. The molecule has 8 aromatic rings. The van der Waals surface area contributed by atoms with Crippen molar-refractivity contribution in [3.8, 4) is 17.6 Å². The Bertz CT molecular complexity index is 5060. The average Bonchev–Trinajstić information content (AvgIpc) is 1.69. The number of fused-ring (bicyclic) bond motifs is 9. The van der Waals surface area contributed by atoms with Crippen LogP contribution in [0, 0.1) is 23.7 Å². The molecule has 17 rings (SSSR count). The van der Waals surface area contributed by atoms with E-state index in [-0.39, 0.29) is 76.7 Å². The minimum atomic E-state index is -4.67. The monoisotopic (exact) mass is 1560 g/mol. The first-order valence-electron chi connectivity index (χ1n) is 37.8. The van der Waals surface area contributed by atoms with E-state index >= 15 is 0 Å². The molecule has 3 saturated heterocycles. The number of Topliss-reactive ketones (excluding diaryl/α,β-unsaturated/α-hetero) is 1. The van der Waals surface area contributed by atoms with Crippen LogP contribution < -0.4 is 15.0 Å². The van der Waals surface area contributed by atoms with Gasteiger partial charge in [0.2, 0.25) is 11.8 Å². The molecule has 6 aliphatic heterocycles. The van der Waals surface area contributed by atoms with Gasteiger partial charge in [-0.25, -0.2) is 8.42 Å². The summed E-state index contributed by atoms with van der Waals surface area (Å²) in [6, 6.07) is 50.1. The number of hydrogen-bond acceptors (Lipinski definition) is 14. The van der Waals surface area contributed by atoms with Crippen molar-refractivity contribution >= 4 is 96.1 Å². The molecule has 5 fully saturated rings. The first kappa shape index (κ1) is 79.4. The molecule has 0 spiro atoms. The van der Waals surface area contributed by atoms with Gasteiger partial charge in [-0.15, -0.1) is 0 Å². The van der Waals surface area contributed by atoms with Crippen molar-refractivity contribution in [1.82, 2.24) is 35.1 Å². The molecule has 3 N–H and O–H groups in total. The largest absolute Gasteiger partial charge is 0.497 e. The number of nitrogens with one attached hydrogen (secondary N) is 2. The van der Waals surface area contributed by atoms with E-state index in [2.05, 4.69) is 80.9 Å². The Labute approximate surface area is 655 Å². The van der Waals surface area contributed by atoms with Crippen LogP contribution in [-0.2, 0) is 52.2 Å². The summed E-state index contributed by atoms with van der Waals surface area (Å²) >= 11 is 7.55. The van der Waals surface area contributed by atoms with E-state index < -0.39 is 33.5 Å². The van der Waals surface area contributed by atoms with Crippen molar-refractivity contribution in [2.45, 2.75) is 147 Å². The highest BCUT2D eigenvalue weighted by Gasteiger charge is 2.61. The number of carbonyl (C=O) groups excluding carboxylic acids is 4. The highest BCUT2D eigenvalue weighted by molar-refractivity contribution is 7.99. The number of carbonyl (C=O) groups is 5. The Balaban J connectivity index is 0.000000122. The molecule has 3 aliphatic carbocycles. The van der Waals surface area contributed by atoms with Gasteiger partial charge in [0.15, 0.2) is 21.3 Å². The molecule has 24 heteroatoms. The second-order valence-corrected chi connectivity index (χ2v) is 33.7. The van der Waals surface area contributed by atoms with Gasteiger partial charge in [-0.05, 0) is 178 Å². The van der Waals surface area contributed by atoms with Crippen LogP contribution in [0.25, 0.3) is 22.0 Å². The number of aromatic nitrogens is 2. The van der Waals surface area contributed by atoms with E-state index in [0.29, 0.717) is 47.6 Å². The SMILES string of the molecule is C=C1Cc2ccc(Cl)cc2[C@@](C#CC2CC2)(C(F)(F)F)O1.CN1C[C@H]2CC(NC(=O)c3n[nH]c4ccccc34)C[C@@H](C1)N2C.COc1ccc2c(c1)Sc1ccc([C@H](C)C(=O)O)cc1N2C.CS(=O)(=O)c1ccc(C2=C(c3ccccc3)C(=O)CC2)cc1.O=C(C1CCCCC1)N1CC(=O)N2CCc3ccccc3C2C1. The number of allylic oxidation sites excluding steroid dienone is 3. The number of aliphatic carboxylic acids is 1. The summed E-state index contributed by atoms with van der Waals surface area (Å²) in [4.78, 5) is 74.8. The zero-order valence-corrected chi connectivity index (χ0v) is 65.5. The lowest BCUT2D eigenvalue weighted by atomic mass is 9.85. The van der Waals surface area contributed by atoms with Gasteiger partial charge in [-0.2, -0.15) is 18.3 Å². The van der Waals surface area contributed by atoms with E-state index in [0.717, 1.165) is 143 Å². The summed E-state index contributed by atoms with van der Waals surface area (Å²) in [7, 11) is 4.85. The van der Waals surface area contributed by atoms with Crippen LogP contribution in [-0.4, -0.2) is 164 Å². The zero-order chi connectivity index (χ0) is 78.6. The summed E-state index contributed by atoms with van der Waals surface area (Å²) in [6.45, 7) is 9.14.